The first-order chi connectivity index (χ1) is 8.99. The zero-order valence-corrected chi connectivity index (χ0v) is 11.0. The summed E-state index contributed by atoms with van der Waals surface area (Å²) in [5.41, 5.74) is 6.38. The lowest BCUT2D eigenvalue weighted by atomic mass is 10.2. The molecule has 0 aromatic carbocycles. The molecule has 0 aliphatic rings. The van der Waals surface area contributed by atoms with Gasteiger partial charge in [-0.15, -0.1) is 0 Å². The van der Waals surface area contributed by atoms with E-state index in [4.69, 9.17) is 5.73 Å². The third-order valence-electron chi connectivity index (χ3n) is 2.72. The van der Waals surface area contributed by atoms with Crippen molar-refractivity contribution in [2.75, 3.05) is 5.73 Å². The molecule has 1 amide bonds. The van der Waals surface area contributed by atoms with Crippen molar-refractivity contribution in [1.29, 1.82) is 0 Å². The highest BCUT2D eigenvalue weighted by atomic mass is 16.1. The SMILES string of the molecule is Cc1nc(N)ncc1C(=O)N[C@@H](C)c1ncnn1C. The Balaban J connectivity index is 2.15. The molecule has 0 saturated heterocycles. The highest BCUT2D eigenvalue weighted by Crippen LogP contribution is 2.10. The zero-order chi connectivity index (χ0) is 14.0. The normalized spacial score (nSPS) is 12.2. The van der Waals surface area contributed by atoms with Gasteiger partial charge in [-0.25, -0.2) is 15.0 Å². The molecule has 100 valence electrons. The first-order valence-corrected chi connectivity index (χ1v) is 5.73. The molecule has 0 radical (unpaired) electrons. The van der Waals surface area contributed by atoms with E-state index in [1.54, 1.807) is 18.7 Å². The van der Waals surface area contributed by atoms with E-state index in [1.807, 2.05) is 6.92 Å². The van der Waals surface area contributed by atoms with Gasteiger partial charge < -0.3 is 11.1 Å². The molecule has 2 aromatic heterocycles. The Bertz CT molecular complexity index is 607. The summed E-state index contributed by atoms with van der Waals surface area (Å²) in [6, 6.07) is -0.267. The monoisotopic (exact) mass is 261 g/mol. The minimum Gasteiger partial charge on any atom is -0.368 e. The first kappa shape index (κ1) is 12.9. The summed E-state index contributed by atoms with van der Waals surface area (Å²) >= 11 is 0. The van der Waals surface area contributed by atoms with Gasteiger partial charge in [0.1, 0.15) is 12.2 Å². The number of carbonyl (C=O) groups excluding carboxylic acids is 1. The van der Waals surface area contributed by atoms with E-state index in [1.165, 1.54) is 12.5 Å². The smallest absolute Gasteiger partial charge is 0.255 e. The largest absolute Gasteiger partial charge is 0.368 e. The second-order valence-corrected chi connectivity index (χ2v) is 4.16. The van der Waals surface area contributed by atoms with Crippen molar-refractivity contribution in [3.05, 3.63) is 29.6 Å². The number of nitrogen functional groups attached to an aromatic ring is 1. The van der Waals surface area contributed by atoms with Crippen molar-refractivity contribution in [3.8, 4) is 0 Å². The van der Waals surface area contributed by atoms with Gasteiger partial charge in [0.05, 0.1) is 17.3 Å². The second-order valence-electron chi connectivity index (χ2n) is 4.16. The van der Waals surface area contributed by atoms with Crippen LogP contribution < -0.4 is 11.1 Å². The highest BCUT2D eigenvalue weighted by Gasteiger charge is 2.17. The van der Waals surface area contributed by atoms with Gasteiger partial charge in [-0.2, -0.15) is 5.10 Å². The van der Waals surface area contributed by atoms with Crippen molar-refractivity contribution in [2.45, 2.75) is 19.9 Å². The molecule has 0 bridgehead atoms. The van der Waals surface area contributed by atoms with Crippen LogP contribution >= 0.6 is 0 Å². The van der Waals surface area contributed by atoms with Gasteiger partial charge in [-0.1, -0.05) is 0 Å². The molecule has 8 nitrogen and oxygen atoms in total. The second kappa shape index (κ2) is 5.01. The van der Waals surface area contributed by atoms with Crippen LogP contribution in [0.1, 0.15) is 34.8 Å². The molecular formula is C11H15N7O. The van der Waals surface area contributed by atoms with Crippen molar-refractivity contribution in [3.63, 3.8) is 0 Å². The quantitative estimate of drug-likeness (QED) is 0.803. The van der Waals surface area contributed by atoms with Crippen LogP contribution in [-0.2, 0) is 7.05 Å². The Kier molecular flexibility index (Phi) is 3.41. The fraction of sp³-hybridized carbons (Fsp3) is 0.364. The molecule has 1 atom stereocenters. The third-order valence-corrected chi connectivity index (χ3v) is 2.72. The van der Waals surface area contributed by atoms with Gasteiger partial charge in [0, 0.05) is 13.2 Å². The number of hydrogen-bond acceptors (Lipinski definition) is 6. The van der Waals surface area contributed by atoms with E-state index in [-0.39, 0.29) is 17.9 Å². The van der Waals surface area contributed by atoms with Crippen LogP contribution in [-0.4, -0.2) is 30.6 Å². The van der Waals surface area contributed by atoms with E-state index >= 15 is 0 Å². The standard InChI is InChI=1S/C11H15N7O/c1-6-8(4-13-11(12)17-6)10(19)16-7(2)9-14-5-15-18(9)3/h4-5,7H,1-3H3,(H,16,19)(H2,12,13,17)/t7-/m0/s1. The Hall–Kier alpha value is -2.51. The molecule has 0 spiro atoms. The van der Waals surface area contributed by atoms with Gasteiger partial charge in [0.25, 0.3) is 5.91 Å². The molecule has 8 heteroatoms. The van der Waals surface area contributed by atoms with Crippen LogP contribution in [0.15, 0.2) is 12.5 Å². The fourth-order valence-corrected chi connectivity index (χ4v) is 1.74. The average Bonchev–Trinajstić information content (AvgIpc) is 2.75. The van der Waals surface area contributed by atoms with Crippen LogP contribution in [0, 0.1) is 6.92 Å². The fourth-order valence-electron chi connectivity index (χ4n) is 1.74. The number of hydrogen-bond donors (Lipinski definition) is 2. The molecule has 2 heterocycles. The number of aromatic nitrogens is 5. The van der Waals surface area contributed by atoms with E-state index < -0.39 is 0 Å². The van der Waals surface area contributed by atoms with Crippen molar-refractivity contribution >= 4 is 11.9 Å². The minimum absolute atomic E-state index is 0.149. The van der Waals surface area contributed by atoms with Gasteiger partial charge in [-0.3, -0.25) is 9.48 Å². The lowest BCUT2D eigenvalue weighted by molar-refractivity contribution is 0.0936. The average molecular weight is 261 g/mol. The Labute approximate surface area is 110 Å². The Morgan fingerprint density at radius 2 is 2.21 bits per heavy atom. The molecule has 3 N–H and O–H groups in total. The first-order valence-electron chi connectivity index (χ1n) is 5.73. The summed E-state index contributed by atoms with van der Waals surface area (Å²) in [6.07, 6.45) is 2.85. The number of anilines is 1. The minimum atomic E-state index is -0.270. The van der Waals surface area contributed by atoms with Crippen molar-refractivity contribution < 1.29 is 4.79 Å². The molecule has 2 rings (SSSR count). The number of carbonyl (C=O) groups is 1. The van der Waals surface area contributed by atoms with E-state index in [0.717, 1.165) is 0 Å². The number of amides is 1. The summed E-state index contributed by atoms with van der Waals surface area (Å²) in [5, 5.41) is 6.78. The van der Waals surface area contributed by atoms with Crippen LogP contribution in [0.3, 0.4) is 0 Å². The Morgan fingerprint density at radius 1 is 1.47 bits per heavy atom. The third kappa shape index (κ3) is 2.67. The zero-order valence-electron chi connectivity index (χ0n) is 11.0. The highest BCUT2D eigenvalue weighted by molar-refractivity contribution is 5.95. The van der Waals surface area contributed by atoms with Gasteiger partial charge in [0.2, 0.25) is 5.95 Å². The predicted octanol–water partition coefficient (Wildman–Crippen LogP) is -0.0133. The maximum absolute atomic E-state index is 12.1. The van der Waals surface area contributed by atoms with Crippen molar-refractivity contribution in [1.82, 2.24) is 30.0 Å². The van der Waals surface area contributed by atoms with Gasteiger partial charge in [0.15, 0.2) is 0 Å². The number of nitrogens with one attached hydrogen (secondary N) is 1. The van der Waals surface area contributed by atoms with Crippen LogP contribution in [0.2, 0.25) is 0 Å². The lowest BCUT2D eigenvalue weighted by Gasteiger charge is -2.13. The topological polar surface area (TPSA) is 112 Å². The molecular weight excluding hydrogens is 246 g/mol. The molecule has 0 fully saturated rings. The lowest BCUT2D eigenvalue weighted by Crippen LogP contribution is -2.29. The number of aryl methyl sites for hydroxylation is 2. The molecule has 0 unspecified atom stereocenters. The molecule has 0 aliphatic carbocycles. The predicted molar refractivity (Wildman–Crippen MR) is 68.1 cm³/mol. The summed E-state index contributed by atoms with van der Waals surface area (Å²) in [7, 11) is 1.77. The van der Waals surface area contributed by atoms with Crippen molar-refractivity contribution in [2.24, 2.45) is 7.05 Å². The number of nitrogens with two attached hydrogens (primary N) is 1. The summed E-state index contributed by atoms with van der Waals surface area (Å²) in [6.45, 7) is 3.54. The maximum atomic E-state index is 12.1. The van der Waals surface area contributed by atoms with E-state index in [2.05, 4.69) is 25.4 Å². The summed E-state index contributed by atoms with van der Waals surface area (Å²) in [5.74, 6) is 0.547. The maximum Gasteiger partial charge on any atom is 0.255 e. The molecule has 0 aliphatic heterocycles. The molecule has 19 heavy (non-hydrogen) atoms. The summed E-state index contributed by atoms with van der Waals surface area (Å²) < 4.78 is 1.61. The van der Waals surface area contributed by atoms with E-state index in [0.29, 0.717) is 17.1 Å². The van der Waals surface area contributed by atoms with E-state index in [9.17, 15) is 4.79 Å². The number of rotatable bonds is 3. The van der Waals surface area contributed by atoms with Gasteiger partial charge in [-0.05, 0) is 13.8 Å². The van der Waals surface area contributed by atoms with Crippen LogP contribution in [0.25, 0.3) is 0 Å². The Morgan fingerprint density at radius 3 is 2.79 bits per heavy atom. The molecule has 2 aromatic rings. The summed E-state index contributed by atoms with van der Waals surface area (Å²) in [4.78, 5) is 24.0. The van der Waals surface area contributed by atoms with Crippen LogP contribution in [0.5, 0.6) is 0 Å². The molecule has 0 saturated carbocycles. The van der Waals surface area contributed by atoms with Gasteiger partial charge >= 0.3 is 0 Å². The van der Waals surface area contributed by atoms with Crippen LogP contribution in [0.4, 0.5) is 5.95 Å². The number of nitrogens with zero attached hydrogens (tertiary/aromatic N) is 5.